The average Bonchev–Trinajstić information content (AvgIpc) is 3.13. The Hall–Kier alpha value is -2.16. The van der Waals surface area contributed by atoms with E-state index in [1.54, 1.807) is 6.07 Å². The van der Waals surface area contributed by atoms with Crippen LogP contribution >= 0.6 is 11.8 Å². The molecule has 1 aromatic heterocycles. The maximum Gasteiger partial charge on any atom is 0.257 e. The summed E-state index contributed by atoms with van der Waals surface area (Å²) in [5.74, 6) is 0.232. The number of aromatic nitrogens is 1. The van der Waals surface area contributed by atoms with Gasteiger partial charge in [0.25, 0.3) is 5.22 Å². The molecule has 3 aromatic rings. The quantitative estimate of drug-likeness (QED) is 0.392. The van der Waals surface area contributed by atoms with Crippen molar-refractivity contribution in [2.45, 2.75) is 36.8 Å². The second kappa shape index (κ2) is 8.69. The summed E-state index contributed by atoms with van der Waals surface area (Å²) in [7, 11) is -0.586. The van der Waals surface area contributed by atoms with Gasteiger partial charge in [-0.05, 0) is 48.2 Å². The monoisotopic (exact) mass is 432 g/mol. The number of Topliss-reactive ketones (excluding diaryl/α,β-unsaturated/α-hetero) is 1. The standard InChI is InChI=1S/C21H24N2O4S2/c1-5-14-7-8-15(6-2)17(11-14)19(24)13-28-21-22-18-12-16(9-10-20(18)27-21)29(25,26)23(3)4/h7-12H,5-6,13H2,1-4H3. The SMILES string of the molecule is CCc1ccc(CC)c(C(=O)CSc2nc3cc(S(=O)(=O)N(C)C)ccc3o2)c1. The molecule has 29 heavy (non-hydrogen) atoms. The molecule has 2 aromatic carbocycles. The Morgan fingerprint density at radius 3 is 2.52 bits per heavy atom. The van der Waals surface area contributed by atoms with Crippen molar-refractivity contribution >= 4 is 38.7 Å². The van der Waals surface area contributed by atoms with Gasteiger partial charge in [0.05, 0.1) is 10.6 Å². The lowest BCUT2D eigenvalue weighted by atomic mass is 9.98. The highest BCUT2D eigenvalue weighted by Crippen LogP contribution is 2.27. The highest BCUT2D eigenvalue weighted by Gasteiger charge is 2.19. The van der Waals surface area contributed by atoms with E-state index in [2.05, 4.69) is 18.0 Å². The normalized spacial score (nSPS) is 12.0. The molecule has 0 atom stereocenters. The van der Waals surface area contributed by atoms with Crippen LogP contribution in [0.15, 0.2) is 50.9 Å². The minimum atomic E-state index is -3.54. The molecule has 0 unspecified atom stereocenters. The molecule has 8 heteroatoms. The van der Waals surface area contributed by atoms with E-state index in [4.69, 9.17) is 4.42 Å². The fourth-order valence-corrected chi connectivity index (χ4v) is 4.58. The number of carbonyl (C=O) groups is 1. The van der Waals surface area contributed by atoms with E-state index < -0.39 is 10.0 Å². The zero-order chi connectivity index (χ0) is 21.2. The van der Waals surface area contributed by atoms with Gasteiger partial charge in [-0.3, -0.25) is 4.79 Å². The maximum absolute atomic E-state index is 12.8. The van der Waals surface area contributed by atoms with E-state index in [1.165, 1.54) is 38.0 Å². The van der Waals surface area contributed by atoms with Crippen molar-refractivity contribution < 1.29 is 17.6 Å². The topological polar surface area (TPSA) is 80.5 Å². The number of carbonyl (C=O) groups excluding carboxylic acids is 1. The number of sulfonamides is 1. The van der Waals surface area contributed by atoms with Crippen molar-refractivity contribution in [1.29, 1.82) is 0 Å². The molecular formula is C21H24N2O4S2. The van der Waals surface area contributed by atoms with Crippen molar-refractivity contribution in [3.63, 3.8) is 0 Å². The summed E-state index contributed by atoms with van der Waals surface area (Å²) in [6.07, 6.45) is 1.67. The molecule has 6 nitrogen and oxygen atoms in total. The Balaban J connectivity index is 1.80. The zero-order valence-electron chi connectivity index (χ0n) is 16.9. The summed E-state index contributed by atoms with van der Waals surface area (Å²) < 4.78 is 31.4. The predicted molar refractivity (Wildman–Crippen MR) is 115 cm³/mol. The van der Waals surface area contributed by atoms with Crippen LogP contribution in [0.25, 0.3) is 11.1 Å². The first kappa shape index (κ1) is 21.5. The van der Waals surface area contributed by atoms with Gasteiger partial charge in [0.1, 0.15) is 5.52 Å². The van der Waals surface area contributed by atoms with Crippen LogP contribution in [0.1, 0.15) is 35.3 Å². The molecular weight excluding hydrogens is 408 g/mol. The average molecular weight is 433 g/mol. The molecule has 0 N–H and O–H groups in total. The molecule has 0 aliphatic carbocycles. The minimum absolute atomic E-state index is 0.0280. The van der Waals surface area contributed by atoms with Gasteiger partial charge >= 0.3 is 0 Å². The Morgan fingerprint density at radius 2 is 1.86 bits per heavy atom. The predicted octanol–water partition coefficient (Wildman–Crippen LogP) is 4.18. The largest absolute Gasteiger partial charge is 0.431 e. The van der Waals surface area contributed by atoms with Crippen LogP contribution in [0, 0.1) is 0 Å². The fraction of sp³-hybridized carbons (Fsp3) is 0.333. The molecule has 3 rings (SSSR count). The van der Waals surface area contributed by atoms with Gasteiger partial charge < -0.3 is 4.42 Å². The third kappa shape index (κ3) is 4.55. The summed E-state index contributed by atoms with van der Waals surface area (Å²) in [5.41, 5.74) is 3.84. The van der Waals surface area contributed by atoms with E-state index in [-0.39, 0.29) is 16.4 Å². The van der Waals surface area contributed by atoms with Crippen LogP contribution in [0.3, 0.4) is 0 Å². The van der Waals surface area contributed by atoms with Gasteiger partial charge in [-0.1, -0.05) is 37.7 Å². The van der Waals surface area contributed by atoms with Crippen molar-refractivity contribution in [2.75, 3.05) is 19.8 Å². The van der Waals surface area contributed by atoms with Gasteiger partial charge in [0.2, 0.25) is 10.0 Å². The Kier molecular flexibility index (Phi) is 6.45. The van der Waals surface area contributed by atoms with Crippen LogP contribution in [0.4, 0.5) is 0 Å². The van der Waals surface area contributed by atoms with E-state index in [1.807, 2.05) is 19.1 Å². The van der Waals surface area contributed by atoms with Crippen molar-refractivity contribution in [3.05, 3.63) is 53.1 Å². The Bertz CT molecular complexity index is 1150. The first-order valence-electron chi connectivity index (χ1n) is 9.37. The molecule has 154 valence electrons. The zero-order valence-corrected chi connectivity index (χ0v) is 18.6. The number of oxazole rings is 1. The Morgan fingerprint density at radius 1 is 1.10 bits per heavy atom. The van der Waals surface area contributed by atoms with Gasteiger partial charge in [0.15, 0.2) is 11.4 Å². The lowest BCUT2D eigenvalue weighted by molar-refractivity contribution is 0.102. The molecule has 0 aliphatic heterocycles. The van der Waals surface area contributed by atoms with Gasteiger partial charge in [-0.15, -0.1) is 0 Å². The highest BCUT2D eigenvalue weighted by molar-refractivity contribution is 7.99. The van der Waals surface area contributed by atoms with Gasteiger partial charge in [0, 0.05) is 19.7 Å². The molecule has 0 fully saturated rings. The number of ketones is 1. The molecule has 0 radical (unpaired) electrons. The minimum Gasteiger partial charge on any atom is -0.431 e. The van der Waals surface area contributed by atoms with E-state index in [0.717, 1.165) is 33.8 Å². The number of aryl methyl sites for hydroxylation is 2. The first-order valence-corrected chi connectivity index (χ1v) is 11.8. The van der Waals surface area contributed by atoms with E-state index in [0.29, 0.717) is 16.3 Å². The van der Waals surface area contributed by atoms with Crippen LogP contribution in [-0.2, 0) is 22.9 Å². The molecule has 0 spiro atoms. The first-order chi connectivity index (χ1) is 13.8. The third-order valence-electron chi connectivity index (χ3n) is 4.71. The Labute approximate surface area is 175 Å². The van der Waals surface area contributed by atoms with Crippen LogP contribution in [0.5, 0.6) is 0 Å². The number of hydrogen-bond donors (Lipinski definition) is 0. The van der Waals surface area contributed by atoms with E-state index >= 15 is 0 Å². The maximum atomic E-state index is 12.8. The lowest BCUT2D eigenvalue weighted by Crippen LogP contribution is -2.22. The molecule has 0 saturated heterocycles. The number of thioether (sulfide) groups is 1. The number of hydrogen-bond acceptors (Lipinski definition) is 6. The molecule has 0 aliphatic rings. The highest BCUT2D eigenvalue weighted by atomic mass is 32.2. The number of benzene rings is 2. The third-order valence-corrected chi connectivity index (χ3v) is 7.35. The summed E-state index contributed by atoms with van der Waals surface area (Å²) >= 11 is 1.21. The molecule has 1 heterocycles. The summed E-state index contributed by atoms with van der Waals surface area (Å²) in [6.45, 7) is 4.10. The number of rotatable bonds is 8. The summed E-state index contributed by atoms with van der Waals surface area (Å²) in [4.78, 5) is 17.3. The van der Waals surface area contributed by atoms with Gasteiger partial charge in [-0.25, -0.2) is 17.7 Å². The van der Waals surface area contributed by atoms with Gasteiger partial charge in [-0.2, -0.15) is 0 Å². The second-order valence-electron chi connectivity index (χ2n) is 6.81. The van der Waals surface area contributed by atoms with Crippen molar-refractivity contribution in [2.24, 2.45) is 0 Å². The molecule has 0 amide bonds. The van der Waals surface area contributed by atoms with Crippen LogP contribution in [-0.4, -0.2) is 43.3 Å². The van der Waals surface area contributed by atoms with E-state index in [9.17, 15) is 13.2 Å². The number of nitrogens with zero attached hydrogens (tertiary/aromatic N) is 2. The lowest BCUT2D eigenvalue weighted by Gasteiger charge is -2.10. The van der Waals surface area contributed by atoms with Crippen LogP contribution in [0.2, 0.25) is 0 Å². The van der Waals surface area contributed by atoms with Crippen LogP contribution < -0.4 is 0 Å². The smallest absolute Gasteiger partial charge is 0.257 e. The second-order valence-corrected chi connectivity index (χ2v) is 9.89. The number of fused-ring (bicyclic) bond motifs is 1. The molecule has 0 saturated carbocycles. The molecule has 0 bridgehead atoms. The van der Waals surface area contributed by atoms with Crippen molar-refractivity contribution in [3.8, 4) is 0 Å². The summed E-state index contributed by atoms with van der Waals surface area (Å²) in [6, 6.07) is 10.6. The fourth-order valence-electron chi connectivity index (χ4n) is 2.94. The summed E-state index contributed by atoms with van der Waals surface area (Å²) in [5, 5.41) is 0.345. The van der Waals surface area contributed by atoms with Crippen molar-refractivity contribution in [1.82, 2.24) is 9.29 Å².